The molecule has 0 spiro atoms. The van der Waals surface area contributed by atoms with Gasteiger partial charge >= 0.3 is 0 Å². The summed E-state index contributed by atoms with van der Waals surface area (Å²) in [6, 6.07) is 6.06. The Bertz CT molecular complexity index is 479. The number of piperidine rings is 1. The van der Waals surface area contributed by atoms with Crippen molar-refractivity contribution in [2.45, 2.75) is 52.1 Å². The van der Waals surface area contributed by atoms with Crippen molar-refractivity contribution in [3.8, 4) is 0 Å². The van der Waals surface area contributed by atoms with Gasteiger partial charge in [0.1, 0.15) is 0 Å². The van der Waals surface area contributed by atoms with Crippen LogP contribution in [0, 0.1) is 0 Å². The number of benzene rings is 1. The standard InChI is InChI=1S/C16H23ClN2O/c1-4-18-15-9-8-13(17)10-14(15)16(20)19-11(2)6-5-7-12(19)3/h8-12,18H,4-7H2,1-3H3. The third kappa shape index (κ3) is 3.09. The molecule has 1 amide bonds. The number of carbonyl (C=O) groups is 1. The highest BCUT2D eigenvalue weighted by molar-refractivity contribution is 6.31. The van der Waals surface area contributed by atoms with Crippen LogP contribution in [0.3, 0.4) is 0 Å². The van der Waals surface area contributed by atoms with Crippen LogP contribution in [0.5, 0.6) is 0 Å². The zero-order valence-corrected chi connectivity index (χ0v) is 13.2. The third-order valence-corrected chi connectivity index (χ3v) is 4.24. The van der Waals surface area contributed by atoms with Crippen LogP contribution in [-0.2, 0) is 0 Å². The second-order valence-electron chi connectivity index (χ2n) is 5.56. The number of anilines is 1. The number of hydrogen-bond acceptors (Lipinski definition) is 2. The first-order chi connectivity index (χ1) is 9.54. The predicted octanol–water partition coefficient (Wildman–Crippen LogP) is 4.17. The van der Waals surface area contributed by atoms with E-state index in [0.717, 1.165) is 25.1 Å². The minimum atomic E-state index is 0.0863. The van der Waals surface area contributed by atoms with Gasteiger partial charge in [0.2, 0.25) is 0 Å². The van der Waals surface area contributed by atoms with Crippen LogP contribution in [0.15, 0.2) is 18.2 Å². The Kier molecular flexibility index (Phi) is 4.92. The molecule has 1 heterocycles. The Morgan fingerprint density at radius 2 is 2.00 bits per heavy atom. The largest absolute Gasteiger partial charge is 0.385 e. The fourth-order valence-corrected chi connectivity index (χ4v) is 3.17. The smallest absolute Gasteiger partial charge is 0.256 e. The Morgan fingerprint density at radius 3 is 2.60 bits per heavy atom. The fraction of sp³-hybridized carbons (Fsp3) is 0.562. The maximum Gasteiger partial charge on any atom is 0.256 e. The second kappa shape index (κ2) is 6.49. The average Bonchev–Trinajstić information content (AvgIpc) is 2.40. The van der Waals surface area contributed by atoms with Crippen molar-refractivity contribution in [1.82, 2.24) is 4.90 Å². The van der Waals surface area contributed by atoms with Crippen LogP contribution in [0.4, 0.5) is 5.69 Å². The summed E-state index contributed by atoms with van der Waals surface area (Å²) in [5.41, 5.74) is 1.55. The minimum absolute atomic E-state index is 0.0863. The minimum Gasteiger partial charge on any atom is -0.385 e. The summed E-state index contributed by atoms with van der Waals surface area (Å²) in [5, 5.41) is 3.85. The van der Waals surface area contributed by atoms with Crippen molar-refractivity contribution in [1.29, 1.82) is 0 Å². The third-order valence-electron chi connectivity index (χ3n) is 4.01. The zero-order chi connectivity index (χ0) is 14.7. The molecule has 1 saturated heterocycles. The Labute approximate surface area is 126 Å². The van der Waals surface area contributed by atoms with Gasteiger partial charge in [-0.25, -0.2) is 0 Å². The summed E-state index contributed by atoms with van der Waals surface area (Å²) >= 11 is 6.07. The van der Waals surface area contributed by atoms with E-state index in [1.807, 2.05) is 24.0 Å². The van der Waals surface area contributed by atoms with Gasteiger partial charge in [-0.1, -0.05) is 11.6 Å². The van der Waals surface area contributed by atoms with Gasteiger partial charge in [0.05, 0.1) is 5.56 Å². The number of carbonyl (C=O) groups excluding carboxylic acids is 1. The lowest BCUT2D eigenvalue weighted by Gasteiger charge is -2.39. The van der Waals surface area contributed by atoms with Crippen molar-refractivity contribution in [3.63, 3.8) is 0 Å². The lowest BCUT2D eigenvalue weighted by atomic mass is 9.96. The summed E-state index contributed by atoms with van der Waals surface area (Å²) in [4.78, 5) is 14.9. The number of halogens is 1. The lowest BCUT2D eigenvalue weighted by Crippen LogP contribution is -2.47. The van der Waals surface area contributed by atoms with Crippen LogP contribution in [-0.4, -0.2) is 29.4 Å². The highest BCUT2D eigenvalue weighted by atomic mass is 35.5. The molecule has 0 radical (unpaired) electrons. The van der Waals surface area contributed by atoms with E-state index in [9.17, 15) is 4.79 Å². The monoisotopic (exact) mass is 294 g/mol. The Balaban J connectivity index is 2.34. The van der Waals surface area contributed by atoms with E-state index in [0.29, 0.717) is 22.7 Å². The van der Waals surface area contributed by atoms with Crippen LogP contribution < -0.4 is 5.32 Å². The van der Waals surface area contributed by atoms with Gasteiger partial charge in [-0.2, -0.15) is 0 Å². The lowest BCUT2D eigenvalue weighted by molar-refractivity contribution is 0.0512. The van der Waals surface area contributed by atoms with Crippen LogP contribution in [0.1, 0.15) is 50.4 Å². The highest BCUT2D eigenvalue weighted by Crippen LogP contribution is 2.28. The molecule has 2 atom stereocenters. The summed E-state index contributed by atoms with van der Waals surface area (Å²) < 4.78 is 0. The molecule has 1 fully saturated rings. The van der Waals surface area contributed by atoms with E-state index < -0.39 is 0 Å². The van der Waals surface area contributed by atoms with Gasteiger partial charge < -0.3 is 10.2 Å². The normalized spacial score (nSPS) is 22.7. The summed E-state index contributed by atoms with van der Waals surface area (Å²) in [6.45, 7) is 7.07. The van der Waals surface area contributed by atoms with E-state index in [4.69, 9.17) is 11.6 Å². The molecule has 2 rings (SSSR count). The molecule has 2 unspecified atom stereocenters. The molecular weight excluding hydrogens is 272 g/mol. The SMILES string of the molecule is CCNc1ccc(Cl)cc1C(=O)N1C(C)CCCC1C. The molecule has 1 aromatic carbocycles. The van der Waals surface area contributed by atoms with Crippen LogP contribution in [0.2, 0.25) is 5.02 Å². The van der Waals surface area contributed by atoms with E-state index >= 15 is 0 Å². The number of hydrogen-bond donors (Lipinski definition) is 1. The summed E-state index contributed by atoms with van der Waals surface area (Å²) in [6.07, 6.45) is 3.35. The molecule has 0 saturated carbocycles. The number of likely N-dealkylation sites (tertiary alicyclic amines) is 1. The van der Waals surface area contributed by atoms with E-state index in [1.165, 1.54) is 6.42 Å². The van der Waals surface area contributed by atoms with Gasteiger partial charge in [-0.05, 0) is 58.2 Å². The van der Waals surface area contributed by atoms with Gasteiger partial charge in [-0.3, -0.25) is 4.79 Å². The van der Waals surface area contributed by atoms with Gasteiger partial charge in [0, 0.05) is 29.3 Å². The molecule has 1 aromatic rings. The van der Waals surface area contributed by atoms with Gasteiger partial charge in [-0.15, -0.1) is 0 Å². The zero-order valence-electron chi connectivity index (χ0n) is 12.4. The first kappa shape index (κ1) is 15.2. The number of rotatable bonds is 3. The maximum absolute atomic E-state index is 12.9. The Hall–Kier alpha value is -1.22. The maximum atomic E-state index is 12.9. The molecule has 1 N–H and O–H groups in total. The number of nitrogens with zero attached hydrogens (tertiary/aromatic N) is 1. The van der Waals surface area contributed by atoms with E-state index in [2.05, 4.69) is 19.2 Å². The van der Waals surface area contributed by atoms with E-state index in [1.54, 1.807) is 6.07 Å². The van der Waals surface area contributed by atoms with Crippen molar-refractivity contribution in [2.75, 3.05) is 11.9 Å². The topological polar surface area (TPSA) is 32.3 Å². The molecule has 20 heavy (non-hydrogen) atoms. The molecule has 1 aliphatic rings. The fourth-order valence-electron chi connectivity index (χ4n) is 3.00. The highest BCUT2D eigenvalue weighted by Gasteiger charge is 2.30. The van der Waals surface area contributed by atoms with E-state index in [-0.39, 0.29) is 5.91 Å². The van der Waals surface area contributed by atoms with Crippen molar-refractivity contribution >= 4 is 23.2 Å². The molecule has 3 nitrogen and oxygen atoms in total. The molecule has 0 aromatic heterocycles. The summed E-state index contributed by atoms with van der Waals surface area (Å²) in [5.74, 6) is 0.0863. The summed E-state index contributed by atoms with van der Waals surface area (Å²) in [7, 11) is 0. The predicted molar refractivity (Wildman–Crippen MR) is 84.6 cm³/mol. The second-order valence-corrected chi connectivity index (χ2v) is 6.00. The molecule has 0 bridgehead atoms. The first-order valence-corrected chi connectivity index (χ1v) is 7.78. The molecule has 0 aliphatic carbocycles. The van der Waals surface area contributed by atoms with Crippen molar-refractivity contribution < 1.29 is 4.79 Å². The van der Waals surface area contributed by atoms with Crippen LogP contribution in [0.25, 0.3) is 0 Å². The average molecular weight is 295 g/mol. The molecule has 1 aliphatic heterocycles. The quantitative estimate of drug-likeness (QED) is 0.907. The molecule has 4 heteroatoms. The molecular formula is C16H23ClN2O. The van der Waals surface area contributed by atoms with Gasteiger partial charge in [0.25, 0.3) is 5.91 Å². The number of amides is 1. The van der Waals surface area contributed by atoms with Crippen molar-refractivity contribution in [3.05, 3.63) is 28.8 Å². The number of nitrogens with one attached hydrogen (secondary N) is 1. The molecule has 110 valence electrons. The Morgan fingerprint density at radius 1 is 1.35 bits per heavy atom. The first-order valence-electron chi connectivity index (χ1n) is 7.40. The van der Waals surface area contributed by atoms with Gasteiger partial charge in [0.15, 0.2) is 0 Å². The van der Waals surface area contributed by atoms with Crippen LogP contribution >= 0.6 is 11.6 Å². The van der Waals surface area contributed by atoms with Crippen molar-refractivity contribution in [2.24, 2.45) is 0 Å².